The van der Waals surface area contributed by atoms with Crippen LogP contribution in [0.2, 0.25) is 5.02 Å². The molecule has 0 bridgehead atoms. The smallest absolute Gasteiger partial charge is 0.311 e. The third-order valence-corrected chi connectivity index (χ3v) is 2.65. The van der Waals surface area contributed by atoms with Gasteiger partial charge in [0.25, 0.3) is 0 Å². The summed E-state index contributed by atoms with van der Waals surface area (Å²) in [4.78, 5) is 10.2. The molecule has 0 fully saturated rings. The van der Waals surface area contributed by atoms with Gasteiger partial charge >= 0.3 is 5.69 Å². The number of ether oxygens (including phenoxy) is 2. The summed E-state index contributed by atoms with van der Waals surface area (Å²) >= 11 is 5.77. The number of nitro benzene ring substituents is 1. The number of halogens is 1. The van der Waals surface area contributed by atoms with Gasteiger partial charge in [-0.1, -0.05) is 11.6 Å². The van der Waals surface area contributed by atoms with Crippen molar-refractivity contribution >= 4 is 17.3 Å². The Morgan fingerprint density at radius 2 is 1.74 bits per heavy atom. The predicted octanol–water partition coefficient (Wildman–Crippen LogP) is 4.05. The van der Waals surface area contributed by atoms with Gasteiger partial charge in [0.1, 0.15) is 11.5 Å². The molecule has 0 radical (unpaired) electrons. The fraction of sp³-hybridized carbons (Fsp3) is 0.0769. The van der Waals surface area contributed by atoms with Crippen LogP contribution in [-0.4, -0.2) is 12.0 Å². The van der Waals surface area contributed by atoms with E-state index in [1.165, 1.54) is 25.3 Å². The molecule has 0 aromatic heterocycles. The summed E-state index contributed by atoms with van der Waals surface area (Å²) in [6.45, 7) is 0. The second-order valence-corrected chi connectivity index (χ2v) is 4.08. The van der Waals surface area contributed by atoms with Gasteiger partial charge in [-0.05, 0) is 30.3 Å². The first-order valence-corrected chi connectivity index (χ1v) is 5.74. The maximum atomic E-state index is 10.8. The van der Waals surface area contributed by atoms with E-state index in [0.29, 0.717) is 16.5 Å². The van der Waals surface area contributed by atoms with Crippen LogP contribution < -0.4 is 9.47 Å². The number of nitro groups is 1. The highest BCUT2D eigenvalue weighted by Crippen LogP contribution is 2.33. The van der Waals surface area contributed by atoms with Gasteiger partial charge in [-0.25, -0.2) is 0 Å². The Morgan fingerprint density at radius 1 is 1.11 bits per heavy atom. The molecule has 6 heteroatoms. The first kappa shape index (κ1) is 13.2. The summed E-state index contributed by atoms with van der Waals surface area (Å²) in [6, 6.07) is 11.1. The summed E-state index contributed by atoms with van der Waals surface area (Å²) < 4.78 is 10.5. The molecular formula is C13H10ClNO4. The van der Waals surface area contributed by atoms with Crippen molar-refractivity contribution in [3.63, 3.8) is 0 Å². The standard InChI is InChI=1S/C13H10ClNO4/c1-18-13-8-11(6-7-12(13)15(16)17)19-10-4-2-9(14)3-5-10/h2-8H,1H3. The number of methoxy groups -OCH3 is 1. The fourth-order valence-electron chi connectivity index (χ4n) is 1.51. The Hall–Kier alpha value is -2.27. The van der Waals surface area contributed by atoms with Crippen LogP contribution in [0.5, 0.6) is 17.2 Å². The van der Waals surface area contributed by atoms with Crippen molar-refractivity contribution in [1.29, 1.82) is 0 Å². The minimum absolute atomic E-state index is 0.106. The van der Waals surface area contributed by atoms with E-state index in [9.17, 15) is 10.1 Å². The Kier molecular flexibility index (Phi) is 3.87. The Labute approximate surface area is 114 Å². The van der Waals surface area contributed by atoms with Gasteiger partial charge in [0.15, 0.2) is 0 Å². The normalized spacial score (nSPS) is 10.0. The number of benzene rings is 2. The first-order chi connectivity index (χ1) is 9.10. The van der Waals surface area contributed by atoms with Crippen molar-refractivity contribution in [2.75, 3.05) is 7.11 Å². The van der Waals surface area contributed by atoms with E-state index in [4.69, 9.17) is 21.1 Å². The minimum Gasteiger partial charge on any atom is -0.490 e. The Morgan fingerprint density at radius 3 is 2.32 bits per heavy atom. The van der Waals surface area contributed by atoms with E-state index < -0.39 is 4.92 Å². The van der Waals surface area contributed by atoms with Crippen LogP contribution in [0.1, 0.15) is 0 Å². The van der Waals surface area contributed by atoms with Crippen molar-refractivity contribution < 1.29 is 14.4 Å². The van der Waals surface area contributed by atoms with Crippen LogP contribution in [0.3, 0.4) is 0 Å². The molecule has 0 unspecified atom stereocenters. The summed E-state index contributed by atoms with van der Waals surface area (Å²) in [7, 11) is 1.37. The first-order valence-electron chi connectivity index (χ1n) is 5.36. The molecule has 0 spiro atoms. The zero-order chi connectivity index (χ0) is 13.8. The second-order valence-electron chi connectivity index (χ2n) is 3.65. The molecule has 0 aliphatic rings. The lowest BCUT2D eigenvalue weighted by molar-refractivity contribution is -0.385. The third-order valence-electron chi connectivity index (χ3n) is 2.40. The minimum atomic E-state index is -0.509. The monoisotopic (exact) mass is 279 g/mol. The SMILES string of the molecule is COc1cc(Oc2ccc(Cl)cc2)ccc1[N+](=O)[O-]. The maximum absolute atomic E-state index is 10.8. The molecular weight excluding hydrogens is 270 g/mol. The largest absolute Gasteiger partial charge is 0.490 e. The molecule has 0 atom stereocenters. The van der Waals surface area contributed by atoms with Crippen LogP contribution in [-0.2, 0) is 0 Å². The average molecular weight is 280 g/mol. The maximum Gasteiger partial charge on any atom is 0.311 e. The zero-order valence-corrected chi connectivity index (χ0v) is 10.8. The zero-order valence-electron chi connectivity index (χ0n) is 10.00. The molecule has 5 nitrogen and oxygen atoms in total. The Balaban J connectivity index is 2.26. The number of hydrogen-bond acceptors (Lipinski definition) is 4. The van der Waals surface area contributed by atoms with Crippen LogP contribution in [0.4, 0.5) is 5.69 Å². The predicted molar refractivity (Wildman–Crippen MR) is 71.2 cm³/mol. The van der Waals surface area contributed by atoms with Gasteiger partial charge in [-0.2, -0.15) is 0 Å². The number of hydrogen-bond donors (Lipinski definition) is 0. The van der Waals surface area contributed by atoms with Crippen molar-refractivity contribution in [2.45, 2.75) is 0 Å². The third kappa shape index (κ3) is 3.14. The Bertz CT molecular complexity index is 598. The van der Waals surface area contributed by atoms with E-state index in [2.05, 4.69) is 0 Å². The highest BCUT2D eigenvalue weighted by molar-refractivity contribution is 6.30. The van der Waals surface area contributed by atoms with Crippen molar-refractivity contribution in [3.8, 4) is 17.2 Å². The van der Waals surface area contributed by atoms with E-state index in [1.54, 1.807) is 24.3 Å². The van der Waals surface area contributed by atoms with Crippen LogP contribution in [0, 0.1) is 10.1 Å². The van der Waals surface area contributed by atoms with Crippen molar-refractivity contribution in [3.05, 3.63) is 57.6 Å². The molecule has 0 aliphatic heterocycles. The molecule has 0 saturated carbocycles. The molecule has 0 aliphatic carbocycles. The molecule has 2 aromatic rings. The van der Waals surface area contributed by atoms with E-state index in [0.717, 1.165) is 0 Å². The molecule has 98 valence electrons. The van der Waals surface area contributed by atoms with Gasteiger partial charge in [-0.15, -0.1) is 0 Å². The van der Waals surface area contributed by atoms with Crippen molar-refractivity contribution in [1.82, 2.24) is 0 Å². The van der Waals surface area contributed by atoms with Crippen LogP contribution in [0.15, 0.2) is 42.5 Å². The van der Waals surface area contributed by atoms with Gasteiger partial charge in [0.2, 0.25) is 5.75 Å². The average Bonchev–Trinajstić information content (AvgIpc) is 2.41. The fourth-order valence-corrected chi connectivity index (χ4v) is 1.64. The molecule has 0 N–H and O–H groups in total. The summed E-state index contributed by atoms with van der Waals surface area (Å²) in [5.41, 5.74) is -0.106. The lowest BCUT2D eigenvalue weighted by atomic mass is 10.2. The molecule has 0 amide bonds. The number of nitrogens with zero attached hydrogens (tertiary/aromatic N) is 1. The molecule has 0 saturated heterocycles. The van der Waals surface area contributed by atoms with Crippen molar-refractivity contribution in [2.24, 2.45) is 0 Å². The van der Waals surface area contributed by atoms with E-state index in [1.807, 2.05) is 0 Å². The summed E-state index contributed by atoms with van der Waals surface area (Å²) in [5, 5.41) is 11.4. The molecule has 19 heavy (non-hydrogen) atoms. The van der Waals surface area contributed by atoms with Crippen LogP contribution >= 0.6 is 11.6 Å². The van der Waals surface area contributed by atoms with Gasteiger partial charge in [0, 0.05) is 17.2 Å². The highest BCUT2D eigenvalue weighted by atomic mass is 35.5. The lowest BCUT2D eigenvalue weighted by Crippen LogP contribution is -1.94. The summed E-state index contributed by atoms with van der Waals surface area (Å²) in [5.74, 6) is 1.18. The number of rotatable bonds is 4. The van der Waals surface area contributed by atoms with E-state index in [-0.39, 0.29) is 11.4 Å². The molecule has 2 rings (SSSR count). The molecule has 2 aromatic carbocycles. The topological polar surface area (TPSA) is 61.6 Å². The van der Waals surface area contributed by atoms with Crippen LogP contribution in [0.25, 0.3) is 0 Å². The summed E-state index contributed by atoms with van der Waals surface area (Å²) in [6.07, 6.45) is 0. The van der Waals surface area contributed by atoms with Gasteiger partial charge in [0.05, 0.1) is 12.0 Å². The van der Waals surface area contributed by atoms with E-state index >= 15 is 0 Å². The molecule has 0 heterocycles. The lowest BCUT2D eigenvalue weighted by Gasteiger charge is -2.07. The quantitative estimate of drug-likeness (QED) is 0.626. The second kappa shape index (κ2) is 5.58. The highest BCUT2D eigenvalue weighted by Gasteiger charge is 2.15. The van der Waals surface area contributed by atoms with Gasteiger partial charge in [-0.3, -0.25) is 10.1 Å². The van der Waals surface area contributed by atoms with Gasteiger partial charge < -0.3 is 9.47 Å².